The number of nitrogens with one attached hydrogen (secondary N) is 1. The zero-order valence-corrected chi connectivity index (χ0v) is 12.9. The first-order valence-corrected chi connectivity index (χ1v) is 7.85. The normalized spacial score (nSPS) is 10.8. The van der Waals surface area contributed by atoms with Crippen LogP contribution < -0.4 is 14.2 Å². The summed E-state index contributed by atoms with van der Waals surface area (Å²) in [5, 5.41) is 0. The number of hydrogen-bond acceptors (Lipinski definition) is 5. The lowest BCUT2D eigenvalue weighted by molar-refractivity contribution is 0.204. The van der Waals surface area contributed by atoms with Crippen molar-refractivity contribution < 1.29 is 22.7 Å². The Labute approximate surface area is 128 Å². The van der Waals surface area contributed by atoms with Gasteiger partial charge in [-0.05, 0) is 31.2 Å². The average molecular weight is 321 g/mol. The summed E-state index contributed by atoms with van der Waals surface area (Å²) in [4.78, 5) is 11.7. The molecule has 2 aromatic rings. The van der Waals surface area contributed by atoms with Crippen molar-refractivity contribution in [2.75, 3.05) is 7.11 Å². The number of carbonyl (C=O) groups is 1. The van der Waals surface area contributed by atoms with Crippen molar-refractivity contribution in [1.82, 2.24) is 4.72 Å². The van der Waals surface area contributed by atoms with Crippen LogP contribution in [0.15, 0.2) is 53.4 Å². The number of methoxy groups -OCH3 is 1. The van der Waals surface area contributed by atoms with Crippen LogP contribution in [0.5, 0.6) is 11.5 Å². The van der Waals surface area contributed by atoms with Gasteiger partial charge in [0.25, 0.3) is 10.0 Å². The van der Waals surface area contributed by atoms with Crippen LogP contribution in [0.1, 0.15) is 5.56 Å². The molecule has 116 valence electrons. The Hall–Kier alpha value is -2.54. The number of sulfonamides is 1. The number of rotatable bonds is 4. The first-order valence-electron chi connectivity index (χ1n) is 6.37. The number of aryl methyl sites for hydroxylation is 1. The van der Waals surface area contributed by atoms with Gasteiger partial charge in [0.1, 0.15) is 0 Å². The van der Waals surface area contributed by atoms with Gasteiger partial charge < -0.3 is 9.47 Å². The third-order valence-electron chi connectivity index (χ3n) is 2.82. The third kappa shape index (κ3) is 3.76. The molecule has 22 heavy (non-hydrogen) atoms. The Balaban J connectivity index is 2.13. The average Bonchev–Trinajstić information content (AvgIpc) is 2.47. The van der Waals surface area contributed by atoms with Crippen LogP contribution in [0.3, 0.4) is 0 Å². The minimum atomic E-state index is -3.98. The Bertz CT molecular complexity index is 769. The summed E-state index contributed by atoms with van der Waals surface area (Å²) >= 11 is 0. The molecule has 6 nitrogen and oxygen atoms in total. The first kappa shape index (κ1) is 15.8. The van der Waals surface area contributed by atoms with E-state index in [-0.39, 0.29) is 10.6 Å². The molecule has 0 aliphatic rings. The molecule has 2 aromatic carbocycles. The van der Waals surface area contributed by atoms with Crippen molar-refractivity contribution in [2.24, 2.45) is 0 Å². The smallest absolute Gasteiger partial charge is 0.426 e. The molecule has 0 heterocycles. The molecule has 0 saturated heterocycles. The van der Waals surface area contributed by atoms with Gasteiger partial charge in [-0.25, -0.2) is 17.9 Å². The van der Waals surface area contributed by atoms with Crippen LogP contribution in [0.2, 0.25) is 0 Å². The number of ether oxygens (including phenoxy) is 2. The number of benzene rings is 2. The molecule has 0 atom stereocenters. The fourth-order valence-electron chi connectivity index (χ4n) is 1.71. The van der Waals surface area contributed by atoms with Gasteiger partial charge in [-0.1, -0.05) is 29.8 Å². The van der Waals surface area contributed by atoms with Crippen LogP contribution >= 0.6 is 0 Å². The maximum atomic E-state index is 12.1. The van der Waals surface area contributed by atoms with Crippen molar-refractivity contribution in [3.8, 4) is 11.5 Å². The lowest BCUT2D eigenvalue weighted by atomic mass is 10.2. The molecule has 0 fully saturated rings. The number of amides is 1. The molecule has 7 heteroatoms. The summed E-state index contributed by atoms with van der Waals surface area (Å²) in [6.45, 7) is 1.83. The SMILES string of the molecule is COc1ccccc1OC(=O)NS(=O)(=O)c1ccc(C)cc1. The van der Waals surface area contributed by atoms with Gasteiger partial charge in [-0.15, -0.1) is 0 Å². The second-order valence-corrected chi connectivity index (χ2v) is 6.14. The van der Waals surface area contributed by atoms with E-state index in [0.717, 1.165) is 5.56 Å². The predicted molar refractivity (Wildman–Crippen MR) is 80.5 cm³/mol. The number of hydrogen-bond donors (Lipinski definition) is 1. The highest BCUT2D eigenvalue weighted by atomic mass is 32.2. The van der Waals surface area contributed by atoms with E-state index in [1.165, 1.54) is 25.3 Å². The van der Waals surface area contributed by atoms with E-state index < -0.39 is 16.1 Å². The van der Waals surface area contributed by atoms with Crippen LogP contribution in [0.25, 0.3) is 0 Å². The summed E-state index contributed by atoms with van der Waals surface area (Å²) in [6, 6.07) is 12.5. The summed E-state index contributed by atoms with van der Waals surface area (Å²) in [5.41, 5.74) is 0.913. The Kier molecular flexibility index (Phi) is 4.67. The highest BCUT2D eigenvalue weighted by Gasteiger charge is 2.19. The molecule has 0 unspecified atom stereocenters. The maximum Gasteiger partial charge on any atom is 0.426 e. The Morgan fingerprint density at radius 2 is 1.59 bits per heavy atom. The minimum Gasteiger partial charge on any atom is -0.493 e. The fourth-order valence-corrected chi connectivity index (χ4v) is 2.58. The van der Waals surface area contributed by atoms with Crippen molar-refractivity contribution in [3.63, 3.8) is 0 Å². The van der Waals surface area contributed by atoms with Gasteiger partial charge in [0.05, 0.1) is 12.0 Å². The molecule has 2 rings (SSSR count). The van der Waals surface area contributed by atoms with E-state index in [4.69, 9.17) is 9.47 Å². The van der Waals surface area contributed by atoms with Crippen LogP contribution in [-0.4, -0.2) is 21.6 Å². The van der Waals surface area contributed by atoms with Gasteiger partial charge in [0.15, 0.2) is 11.5 Å². The predicted octanol–water partition coefficient (Wildman–Crippen LogP) is 2.48. The third-order valence-corrected chi connectivity index (χ3v) is 4.15. The van der Waals surface area contributed by atoms with Gasteiger partial charge in [-0.2, -0.15) is 0 Å². The second-order valence-electron chi connectivity index (χ2n) is 4.46. The lowest BCUT2D eigenvalue weighted by Crippen LogP contribution is -2.33. The maximum absolute atomic E-state index is 12.1. The summed E-state index contributed by atoms with van der Waals surface area (Å²) < 4.78 is 35.9. The molecule has 0 spiro atoms. The van der Waals surface area contributed by atoms with Crippen molar-refractivity contribution in [2.45, 2.75) is 11.8 Å². The van der Waals surface area contributed by atoms with Crippen LogP contribution in [0.4, 0.5) is 4.79 Å². The standard InChI is InChI=1S/C15H15NO5S/c1-11-7-9-12(10-8-11)22(18,19)16-15(17)21-14-6-4-3-5-13(14)20-2/h3-10H,1-2H3,(H,16,17). The highest BCUT2D eigenvalue weighted by molar-refractivity contribution is 7.90. The van der Waals surface area contributed by atoms with E-state index in [1.807, 2.05) is 11.6 Å². The molecule has 0 aromatic heterocycles. The molecule has 1 amide bonds. The second kappa shape index (κ2) is 6.48. The zero-order valence-electron chi connectivity index (χ0n) is 12.1. The van der Waals surface area contributed by atoms with E-state index in [1.54, 1.807) is 30.3 Å². The van der Waals surface area contributed by atoms with Gasteiger partial charge in [0.2, 0.25) is 0 Å². The fraction of sp³-hybridized carbons (Fsp3) is 0.133. The molecular formula is C15H15NO5S. The van der Waals surface area contributed by atoms with Gasteiger partial charge in [0, 0.05) is 0 Å². The van der Waals surface area contributed by atoms with E-state index >= 15 is 0 Å². The Morgan fingerprint density at radius 1 is 1.00 bits per heavy atom. The zero-order chi connectivity index (χ0) is 16.2. The van der Waals surface area contributed by atoms with E-state index in [0.29, 0.717) is 5.75 Å². The molecule has 0 saturated carbocycles. The summed E-state index contributed by atoms with van der Waals surface area (Å²) in [7, 11) is -2.56. The van der Waals surface area contributed by atoms with Crippen molar-refractivity contribution >= 4 is 16.1 Å². The summed E-state index contributed by atoms with van der Waals surface area (Å²) in [5.74, 6) is 0.451. The lowest BCUT2D eigenvalue weighted by Gasteiger charge is -2.10. The van der Waals surface area contributed by atoms with Crippen molar-refractivity contribution in [1.29, 1.82) is 0 Å². The van der Waals surface area contributed by atoms with E-state index in [2.05, 4.69) is 0 Å². The van der Waals surface area contributed by atoms with Crippen molar-refractivity contribution in [3.05, 3.63) is 54.1 Å². The summed E-state index contributed by atoms with van der Waals surface area (Å²) in [6.07, 6.45) is -1.11. The van der Waals surface area contributed by atoms with Crippen LogP contribution in [0, 0.1) is 6.92 Å². The quantitative estimate of drug-likeness (QED) is 0.935. The molecule has 0 aliphatic heterocycles. The van der Waals surface area contributed by atoms with Gasteiger partial charge >= 0.3 is 6.09 Å². The molecule has 0 bridgehead atoms. The molecule has 1 N–H and O–H groups in total. The monoisotopic (exact) mass is 321 g/mol. The molecule has 0 aliphatic carbocycles. The number of para-hydroxylation sites is 2. The minimum absolute atomic E-state index is 0.0184. The largest absolute Gasteiger partial charge is 0.493 e. The number of carbonyl (C=O) groups excluding carboxylic acids is 1. The molecular weight excluding hydrogens is 306 g/mol. The van der Waals surface area contributed by atoms with Gasteiger partial charge in [-0.3, -0.25) is 0 Å². The first-order chi connectivity index (χ1) is 10.4. The van der Waals surface area contributed by atoms with E-state index in [9.17, 15) is 13.2 Å². The highest BCUT2D eigenvalue weighted by Crippen LogP contribution is 2.25. The Morgan fingerprint density at radius 3 is 2.18 bits per heavy atom. The molecule has 0 radical (unpaired) electrons. The van der Waals surface area contributed by atoms with Crippen LogP contribution in [-0.2, 0) is 10.0 Å². The topological polar surface area (TPSA) is 81.7 Å².